The van der Waals surface area contributed by atoms with Gasteiger partial charge in [0, 0.05) is 18.0 Å². The molecule has 0 aromatic carbocycles. The van der Waals surface area contributed by atoms with Crippen LogP contribution in [0.5, 0.6) is 0 Å². The van der Waals surface area contributed by atoms with Crippen molar-refractivity contribution < 1.29 is 4.79 Å². The second kappa shape index (κ2) is 8.17. The summed E-state index contributed by atoms with van der Waals surface area (Å²) in [7, 11) is 0. The van der Waals surface area contributed by atoms with Gasteiger partial charge in [0.1, 0.15) is 0 Å². The minimum Gasteiger partial charge on any atom is -0.353 e. The topological polar surface area (TPSA) is 41.1 Å². The normalized spacial score (nSPS) is 29.3. The van der Waals surface area contributed by atoms with Crippen molar-refractivity contribution in [3.63, 3.8) is 0 Å². The van der Waals surface area contributed by atoms with Crippen LogP contribution in [0.2, 0.25) is 0 Å². The number of rotatable bonds is 5. The van der Waals surface area contributed by atoms with E-state index in [1.165, 1.54) is 32.1 Å². The molecular formula is C18H34N2O. The van der Waals surface area contributed by atoms with Crippen LogP contribution in [-0.4, -0.2) is 24.5 Å². The standard InChI is InChI=1S/C18H34N2O/c1-13(2)17(12-15-7-5-4-6-8-15)18(21)20-16-9-10-19-14(3)11-16/h13-17,19H,4-12H2,1-3H3,(H,20,21). The quantitative estimate of drug-likeness (QED) is 0.815. The molecule has 1 amide bonds. The first kappa shape index (κ1) is 16.8. The van der Waals surface area contributed by atoms with Crippen LogP contribution in [0.4, 0.5) is 0 Å². The maximum absolute atomic E-state index is 12.7. The third-order valence-electron chi connectivity index (χ3n) is 5.42. The Bertz CT molecular complexity index is 323. The molecule has 0 aromatic heterocycles. The third-order valence-corrected chi connectivity index (χ3v) is 5.42. The summed E-state index contributed by atoms with van der Waals surface area (Å²) in [6, 6.07) is 0.904. The number of nitrogens with one attached hydrogen (secondary N) is 2. The van der Waals surface area contributed by atoms with E-state index in [4.69, 9.17) is 0 Å². The second-order valence-corrected chi connectivity index (χ2v) is 7.68. The molecule has 3 unspecified atom stereocenters. The lowest BCUT2D eigenvalue weighted by molar-refractivity contribution is -0.128. The predicted molar refractivity (Wildman–Crippen MR) is 88.1 cm³/mol. The minimum atomic E-state index is 0.207. The van der Waals surface area contributed by atoms with Crippen molar-refractivity contribution in [3.8, 4) is 0 Å². The van der Waals surface area contributed by atoms with Crippen LogP contribution >= 0.6 is 0 Å². The molecule has 1 aliphatic carbocycles. The van der Waals surface area contributed by atoms with Gasteiger partial charge in [0.15, 0.2) is 0 Å². The predicted octanol–water partition coefficient (Wildman–Crippen LogP) is 3.49. The van der Waals surface area contributed by atoms with E-state index in [9.17, 15) is 4.79 Å². The third kappa shape index (κ3) is 5.28. The second-order valence-electron chi connectivity index (χ2n) is 7.68. The Kier molecular flexibility index (Phi) is 6.53. The van der Waals surface area contributed by atoms with Crippen LogP contribution in [0.15, 0.2) is 0 Å². The molecule has 1 heterocycles. The summed E-state index contributed by atoms with van der Waals surface area (Å²) in [6.07, 6.45) is 10.0. The fourth-order valence-corrected chi connectivity index (χ4v) is 4.04. The van der Waals surface area contributed by atoms with Crippen LogP contribution in [0, 0.1) is 17.8 Å². The lowest BCUT2D eigenvalue weighted by Gasteiger charge is -2.32. The summed E-state index contributed by atoms with van der Waals surface area (Å²) in [5.41, 5.74) is 0. The van der Waals surface area contributed by atoms with E-state index in [0.29, 0.717) is 23.9 Å². The first-order valence-corrected chi connectivity index (χ1v) is 9.10. The fraction of sp³-hybridized carbons (Fsp3) is 0.944. The molecular weight excluding hydrogens is 260 g/mol. The van der Waals surface area contributed by atoms with Crippen LogP contribution in [-0.2, 0) is 4.79 Å². The zero-order valence-corrected chi connectivity index (χ0v) is 14.2. The van der Waals surface area contributed by atoms with E-state index >= 15 is 0 Å². The molecule has 3 nitrogen and oxygen atoms in total. The number of hydrogen-bond acceptors (Lipinski definition) is 2. The van der Waals surface area contributed by atoms with Crippen molar-refractivity contribution in [1.29, 1.82) is 0 Å². The molecule has 0 aromatic rings. The molecule has 2 rings (SSSR count). The van der Waals surface area contributed by atoms with Crippen LogP contribution in [0.3, 0.4) is 0 Å². The summed E-state index contributed by atoms with van der Waals surface area (Å²) in [5.74, 6) is 1.75. The monoisotopic (exact) mass is 294 g/mol. The Morgan fingerprint density at radius 1 is 1.19 bits per heavy atom. The fourth-order valence-electron chi connectivity index (χ4n) is 4.04. The Morgan fingerprint density at radius 3 is 2.52 bits per heavy atom. The van der Waals surface area contributed by atoms with E-state index in [-0.39, 0.29) is 5.92 Å². The smallest absolute Gasteiger partial charge is 0.223 e. The van der Waals surface area contributed by atoms with Crippen molar-refractivity contribution in [2.45, 2.75) is 84.2 Å². The first-order chi connectivity index (χ1) is 10.1. The summed E-state index contributed by atoms with van der Waals surface area (Å²) < 4.78 is 0. The number of piperidine rings is 1. The molecule has 0 radical (unpaired) electrons. The summed E-state index contributed by atoms with van der Waals surface area (Å²) in [4.78, 5) is 12.7. The Labute approximate surface area is 130 Å². The highest BCUT2D eigenvalue weighted by Crippen LogP contribution is 2.31. The lowest BCUT2D eigenvalue weighted by Crippen LogP contribution is -2.48. The van der Waals surface area contributed by atoms with Crippen molar-refractivity contribution in [2.75, 3.05) is 6.54 Å². The number of hydrogen-bond donors (Lipinski definition) is 2. The van der Waals surface area contributed by atoms with Crippen LogP contribution in [0.25, 0.3) is 0 Å². The van der Waals surface area contributed by atoms with Gasteiger partial charge in [-0.25, -0.2) is 0 Å². The number of carbonyl (C=O) groups excluding carboxylic acids is 1. The average molecular weight is 294 g/mol. The van der Waals surface area contributed by atoms with Crippen molar-refractivity contribution >= 4 is 5.91 Å². The molecule has 122 valence electrons. The van der Waals surface area contributed by atoms with E-state index in [0.717, 1.165) is 31.7 Å². The van der Waals surface area contributed by atoms with Gasteiger partial charge in [-0.2, -0.15) is 0 Å². The Morgan fingerprint density at radius 2 is 1.90 bits per heavy atom. The van der Waals surface area contributed by atoms with Crippen molar-refractivity contribution in [2.24, 2.45) is 17.8 Å². The van der Waals surface area contributed by atoms with Gasteiger partial charge in [-0.1, -0.05) is 46.0 Å². The first-order valence-electron chi connectivity index (χ1n) is 9.10. The maximum atomic E-state index is 12.7. The van der Waals surface area contributed by atoms with Gasteiger partial charge in [-0.15, -0.1) is 0 Å². The minimum absolute atomic E-state index is 0.207. The van der Waals surface area contributed by atoms with Gasteiger partial charge in [-0.05, 0) is 44.6 Å². The molecule has 1 saturated carbocycles. The Hall–Kier alpha value is -0.570. The molecule has 1 aliphatic heterocycles. The highest BCUT2D eigenvalue weighted by Gasteiger charge is 2.29. The van der Waals surface area contributed by atoms with E-state index in [2.05, 4.69) is 31.4 Å². The highest BCUT2D eigenvalue weighted by molar-refractivity contribution is 5.79. The van der Waals surface area contributed by atoms with E-state index < -0.39 is 0 Å². The van der Waals surface area contributed by atoms with E-state index in [1.807, 2.05) is 0 Å². The summed E-state index contributed by atoms with van der Waals surface area (Å²) in [5, 5.41) is 6.79. The van der Waals surface area contributed by atoms with Crippen LogP contribution in [0.1, 0.15) is 72.1 Å². The molecule has 2 aliphatic rings. The van der Waals surface area contributed by atoms with Gasteiger partial charge in [0.05, 0.1) is 0 Å². The molecule has 0 spiro atoms. The molecule has 2 N–H and O–H groups in total. The van der Waals surface area contributed by atoms with Gasteiger partial charge in [0.25, 0.3) is 0 Å². The molecule has 3 heteroatoms. The lowest BCUT2D eigenvalue weighted by atomic mass is 9.79. The van der Waals surface area contributed by atoms with Gasteiger partial charge in [0.2, 0.25) is 5.91 Å². The van der Waals surface area contributed by atoms with Crippen LogP contribution < -0.4 is 10.6 Å². The van der Waals surface area contributed by atoms with Crippen molar-refractivity contribution in [3.05, 3.63) is 0 Å². The number of amides is 1. The Balaban J connectivity index is 1.85. The zero-order valence-electron chi connectivity index (χ0n) is 14.2. The molecule has 3 atom stereocenters. The maximum Gasteiger partial charge on any atom is 0.223 e. The average Bonchev–Trinajstić information content (AvgIpc) is 2.45. The number of carbonyl (C=O) groups is 1. The summed E-state index contributed by atoms with van der Waals surface area (Å²) >= 11 is 0. The largest absolute Gasteiger partial charge is 0.353 e. The van der Waals surface area contributed by atoms with Gasteiger partial charge < -0.3 is 10.6 Å². The van der Waals surface area contributed by atoms with Crippen molar-refractivity contribution in [1.82, 2.24) is 10.6 Å². The molecule has 21 heavy (non-hydrogen) atoms. The molecule has 0 bridgehead atoms. The van der Waals surface area contributed by atoms with Gasteiger partial charge in [-0.3, -0.25) is 4.79 Å². The van der Waals surface area contributed by atoms with E-state index in [1.54, 1.807) is 0 Å². The van der Waals surface area contributed by atoms with Gasteiger partial charge >= 0.3 is 0 Å². The summed E-state index contributed by atoms with van der Waals surface area (Å²) in [6.45, 7) is 7.65. The molecule has 1 saturated heterocycles. The highest BCUT2D eigenvalue weighted by atomic mass is 16.1. The zero-order chi connectivity index (χ0) is 15.2. The SMILES string of the molecule is CC1CC(NC(=O)C(CC2CCCCC2)C(C)C)CCN1. The molecule has 2 fully saturated rings.